The van der Waals surface area contributed by atoms with Gasteiger partial charge in [0.1, 0.15) is 5.82 Å². The van der Waals surface area contributed by atoms with Gasteiger partial charge in [0.2, 0.25) is 0 Å². The van der Waals surface area contributed by atoms with E-state index in [0.717, 1.165) is 11.1 Å². The molecule has 0 spiro atoms. The van der Waals surface area contributed by atoms with Crippen LogP contribution in [0.25, 0.3) is 5.65 Å². The van der Waals surface area contributed by atoms with Crippen LogP contribution < -0.4 is 5.32 Å². The Bertz CT molecular complexity index is 470. The van der Waals surface area contributed by atoms with Gasteiger partial charge < -0.3 is 5.32 Å². The lowest BCUT2D eigenvalue weighted by Crippen LogP contribution is -2.25. The molecule has 0 fully saturated rings. The van der Waals surface area contributed by atoms with Gasteiger partial charge in [-0.15, -0.1) is 14.8 Å². The summed E-state index contributed by atoms with van der Waals surface area (Å²) in [7, 11) is 0. The lowest BCUT2D eigenvalue weighted by molar-refractivity contribution is 0.568. The zero-order valence-electron chi connectivity index (χ0n) is 9.13. The molecule has 0 saturated heterocycles. The van der Waals surface area contributed by atoms with E-state index < -0.39 is 0 Å². The van der Waals surface area contributed by atoms with Gasteiger partial charge in [0.25, 0.3) is 0 Å². The van der Waals surface area contributed by atoms with Crippen LogP contribution in [0.15, 0.2) is 12.1 Å². The smallest absolute Gasteiger partial charge is 0.200 e. The van der Waals surface area contributed by atoms with Crippen LogP contribution in [0.5, 0.6) is 0 Å². The third-order valence-electron chi connectivity index (χ3n) is 2.54. The minimum Gasteiger partial charge on any atom is -0.366 e. The van der Waals surface area contributed by atoms with Crippen molar-refractivity contribution in [3.8, 4) is 0 Å². The first-order valence-electron chi connectivity index (χ1n) is 5.08. The molecule has 2 atom stereocenters. The van der Waals surface area contributed by atoms with E-state index in [2.05, 4.69) is 55.7 Å². The maximum Gasteiger partial charge on any atom is 0.200 e. The van der Waals surface area contributed by atoms with Crippen molar-refractivity contribution in [2.75, 3.05) is 10.6 Å². The Kier molecular flexibility index (Phi) is 3.33. The Balaban J connectivity index is 2.14. The first-order valence-corrected chi connectivity index (χ1v) is 6.21. The number of halogens is 1. The van der Waals surface area contributed by atoms with E-state index in [0.29, 0.717) is 17.6 Å². The van der Waals surface area contributed by atoms with Crippen molar-refractivity contribution in [1.82, 2.24) is 25.3 Å². The molecule has 2 aromatic heterocycles. The van der Waals surface area contributed by atoms with Gasteiger partial charge in [-0.2, -0.15) is 0 Å². The molecule has 86 valence electrons. The summed E-state index contributed by atoms with van der Waals surface area (Å²) < 4.78 is 1.41. The molecule has 7 heteroatoms. The molecule has 0 aliphatic rings. The molecule has 16 heavy (non-hydrogen) atoms. The zero-order valence-corrected chi connectivity index (χ0v) is 10.7. The number of aromatic nitrogens is 5. The molecule has 6 nitrogen and oxygen atoms in total. The number of nitrogens with one attached hydrogen (secondary N) is 1. The van der Waals surface area contributed by atoms with Gasteiger partial charge in [0.05, 0.1) is 0 Å². The van der Waals surface area contributed by atoms with Crippen molar-refractivity contribution in [3.05, 3.63) is 12.1 Å². The summed E-state index contributed by atoms with van der Waals surface area (Å²) in [4.78, 5) is 0. The van der Waals surface area contributed by atoms with E-state index in [-0.39, 0.29) is 0 Å². The SMILES string of the molecule is CC(CBr)C(C)Nc1ccc2nnnn2n1. The largest absolute Gasteiger partial charge is 0.366 e. The van der Waals surface area contributed by atoms with Crippen LogP contribution in [-0.2, 0) is 0 Å². The molecule has 0 radical (unpaired) electrons. The average Bonchev–Trinajstić information content (AvgIpc) is 2.75. The third kappa shape index (κ3) is 2.29. The Labute approximate surface area is 102 Å². The van der Waals surface area contributed by atoms with Crippen molar-refractivity contribution in [2.45, 2.75) is 19.9 Å². The van der Waals surface area contributed by atoms with Crippen molar-refractivity contribution in [1.29, 1.82) is 0 Å². The molecule has 2 unspecified atom stereocenters. The van der Waals surface area contributed by atoms with Gasteiger partial charge in [0, 0.05) is 11.4 Å². The minimum atomic E-state index is 0.334. The van der Waals surface area contributed by atoms with E-state index in [1.165, 1.54) is 4.63 Å². The second kappa shape index (κ2) is 4.73. The number of rotatable bonds is 4. The number of alkyl halides is 1. The molecule has 2 aromatic rings. The van der Waals surface area contributed by atoms with E-state index in [1.807, 2.05) is 12.1 Å². The highest BCUT2D eigenvalue weighted by atomic mass is 79.9. The van der Waals surface area contributed by atoms with Crippen molar-refractivity contribution >= 4 is 27.4 Å². The minimum absolute atomic E-state index is 0.334. The maximum atomic E-state index is 4.25. The highest BCUT2D eigenvalue weighted by Crippen LogP contribution is 2.12. The first kappa shape index (κ1) is 11.3. The fraction of sp³-hybridized carbons (Fsp3) is 0.556. The van der Waals surface area contributed by atoms with Crippen LogP contribution in [0, 0.1) is 5.92 Å². The molecular weight excluding hydrogens is 272 g/mol. The standard InChI is InChI=1S/C9H13BrN6/c1-6(5-10)7(2)11-8-3-4-9-12-14-15-16(9)13-8/h3-4,6-7H,5H2,1-2H3,(H,11,13). The maximum absolute atomic E-state index is 4.25. The van der Waals surface area contributed by atoms with Crippen LogP contribution in [0.2, 0.25) is 0 Å². The average molecular weight is 285 g/mol. The molecule has 0 saturated carbocycles. The second-order valence-corrected chi connectivity index (χ2v) is 4.46. The lowest BCUT2D eigenvalue weighted by Gasteiger charge is -2.19. The van der Waals surface area contributed by atoms with Crippen molar-refractivity contribution in [2.24, 2.45) is 5.92 Å². The topological polar surface area (TPSA) is 68.0 Å². The number of anilines is 1. The predicted octanol–water partition coefficient (Wildman–Crippen LogP) is 1.35. The summed E-state index contributed by atoms with van der Waals surface area (Å²) in [6, 6.07) is 4.05. The summed E-state index contributed by atoms with van der Waals surface area (Å²) >= 11 is 3.46. The van der Waals surface area contributed by atoms with Gasteiger partial charge in [-0.1, -0.05) is 22.9 Å². The van der Waals surface area contributed by atoms with Crippen molar-refractivity contribution < 1.29 is 0 Å². The highest BCUT2D eigenvalue weighted by molar-refractivity contribution is 9.09. The van der Waals surface area contributed by atoms with Crippen LogP contribution in [0.1, 0.15) is 13.8 Å². The van der Waals surface area contributed by atoms with Gasteiger partial charge in [0.15, 0.2) is 5.65 Å². The lowest BCUT2D eigenvalue weighted by atomic mass is 10.1. The molecule has 2 heterocycles. The van der Waals surface area contributed by atoms with Crippen molar-refractivity contribution in [3.63, 3.8) is 0 Å². The number of hydrogen-bond acceptors (Lipinski definition) is 5. The Morgan fingerprint density at radius 2 is 2.25 bits per heavy atom. The molecule has 0 bridgehead atoms. The van der Waals surface area contributed by atoms with Crippen LogP contribution >= 0.6 is 15.9 Å². The Morgan fingerprint density at radius 1 is 1.44 bits per heavy atom. The van der Waals surface area contributed by atoms with E-state index >= 15 is 0 Å². The summed E-state index contributed by atoms with van der Waals surface area (Å²) in [6.45, 7) is 4.29. The molecule has 0 aliphatic carbocycles. The summed E-state index contributed by atoms with van der Waals surface area (Å²) in [5.74, 6) is 1.30. The molecule has 1 N–H and O–H groups in total. The number of tetrazole rings is 1. The Morgan fingerprint density at radius 3 is 3.00 bits per heavy atom. The predicted molar refractivity (Wildman–Crippen MR) is 64.6 cm³/mol. The number of fused-ring (bicyclic) bond motifs is 1. The summed E-state index contributed by atoms with van der Waals surface area (Å²) in [5, 5.41) is 19.6. The monoisotopic (exact) mass is 284 g/mol. The molecule has 0 aromatic carbocycles. The fourth-order valence-electron chi connectivity index (χ4n) is 1.24. The van der Waals surface area contributed by atoms with E-state index in [1.54, 1.807) is 0 Å². The number of nitrogens with zero attached hydrogens (tertiary/aromatic N) is 5. The Hall–Kier alpha value is -1.24. The highest BCUT2D eigenvalue weighted by Gasteiger charge is 2.11. The molecular formula is C9H13BrN6. The summed E-state index contributed by atoms with van der Waals surface area (Å²) in [5.41, 5.74) is 0.645. The van der Waals surface area contributed by atoms with Gasteiger partial charge in [-0.25, -0.2) is 0 Å². The summed E-state index contributed by atoms with van der Waals surface area (Å²) in [6.07, 6.45) is 0. The van der Waals surface area contributed by atoms with E-state index in [4.69, 9.17) is 0 Å². The zero-order chi connectivity index (χ0) is 11.5. The molecule has 2 rings (SSSR count). The first-order chi connectivity index (χ1) is 7.70. The molecule has 0 amide bonds. The van der Waals surface area contributed by atoms with Crippen LogP contribution in [0.4, 0.5) is 5.82 Å². The van der Waals surface area contributed by atoms with E-state index in [9.17, 15) is 0 Å². The van der Waals surface area contributed by atoms with Crippen LogP contribution in [0.3, 0.4) is 0 Å². The third-order valence-corrected chi connectivity index (χ3v) is 3.56. The van der Waals surface area contributed by atoms with Gasteiger partial charge in [-0.05, 0) is 35.4 Å². The second-order valence-electron chi connectivity index (χ2n) is 3.81. The fourth-order valence-corrected chi connectivity index (χ4v) is 1.80. The normalized spacial score (nSPS) is 14.9. The van der Waals surface area contributed by atoms with Crippen LogP contribution in [-0.4, -0.2) is 36.6 Å². The van der Waals surface area contributed by atoms with Gasteiger partial charge >= 0.3 is 0 Å². The van der Waals surface area contributed by atoms with Gasteiger partial charge in [-0.3, -0.25) is 0 Å². The number of hydrogen-bond donors (Lipinski definition) is 1. The molecule has 0 aliphatic heterocycles. The quantitative estimate of drug-likeness (QED) is 0.859.